The van der Waals surface area contributed by atoms with Crippen molar-refractivity contribution in [3.05, 3.63) is 24.0 Å². The van der Waals surface area contributed by atoms with E-state index >= 15 is 0 Å². The van der Waals surface area contributed by atoms with E-state index in [0.29, 0.717) is 0 Å². The molecule has 0 spiro atoms. The summed E-state index contributed by atoms with van der Waals surface area (Å²) in [6.07, 6.45) is 4.85. The van der Waals surface area contributed by atoms with Gasteiger partial charge in [-0.1, -0.05) is 0 Å². The van der Waals surface area contributed by atoms with Gasteiger partial charge in [0.05, 0.1) is 0 Å². The van der Waals surface area contributed by atoms with Crippen LogP contribution in [0.25, 0.3) is 0 Å². The summed E-state index contributed by atoms with van der Waals surface area (Å²) >= 11 is 0. The number of hydrogen-bond donors (Lipinski definition) is 1. The molecule has 0 radical (unpaired) electrons. The van der Waals surface area contributed by atoms with E-state index in [0.717, 1.165) is 19.0 Å². The fraction of sp³-hybridized carbons (Fsp3) is 0.636. The largest absolute Gasteiger partial charge is 0.351 e. The molecular formula is C11H18N2. The Kier molecular flexibility index (Phi) is 2.69. The van der Waals surface area contributed by atoms with Crippen molar-refractivity contribution in [2.24, 2.45) is 0 Å². The Hall–Kier alpha value is -0.760. The average molecular weight is 178 g/mol. The minimum atomic E-state index is 0.740. The summed E-state index contributed by atoms with van der Waals surface area (Å²) in [6.45, 7) is 5.66. The lowest BCUT2D eigenvalue weighted by molar-refractivity contribution is 0.442. The van der Waals surface area contributed by atoms with Crippen molar-refractivity contribution in [1.29, 1.82) is 0 Å². The molecule has 1 aromatic heterocycles. The molecule has 13 heavy (non-hydrogen) atoms. The van der Waals surface area contributed by atoms with Crippen LogP contribution >= 0.6 is 0 Å². The van der Waals surface area contributed by atoms with Gasteiger partial charge in [0, 0.05) is 30.9 Å². The third-order valence-electron chi connectivity index (χ3n) is 2.92. The Balaban J connectivity index is 2.13. The molecular weight excluding hydrogens is 160 g/mol. The summed E-state index contributed by atoms with van der Waals surface area (Å²) in [5.74, 6) is 0.740. The van der Waals surface area contributed by atoms with E-state index in [9.17, 15) is 0 Å². The smallest absolute Gasteiger partial charge is 0.0218 e. The van der Waals surface area contributed by atoms with E-state index in [1.807, 2.05) is 0 Å². The molecule has 2 rings (SSSR count). The zero-order valence-corrected chi connectivity index (χ0v) is 8.29. The van der Waals surface area contributed by atoms with Gasteiger partial charge in [-0.15, -0.1) is 0 Å². The van der Waals surface area contributed by atoms with E-state index in [2.05, 4.69) is 35.1 Å². The number of aryl methyl sites for hydroxylation is 1. The Bertz CT molecular complexity index is 259. The second kappa shape index (κ2) is 3.97. The molecule has 1 fully saturated rings. The quantitative estimate of drug-likeness (QED) is 0.732. The van der Waals surface area contributed by atoms with Crippen molar-refractivity contribution in [3.8, 4) is 0 Å². The monoisotopic (exact) mass is 178 g/mol. The molecule has 0 unspecified atom stereocenters. The Morgan fingerprint density at radius 2 is 2.54 bits per heavy atom. The van der Waals surface area contributed by atoms with Gasteiger partial charge in [-0.2, -0.15) is 0 Å². The van der Waals surface area contributed by atoms with E-state index in [4.69, 9.17) is 0 Å². The van der Waals surface area contributed by atoms with Crippen molar-refractivity contribution < 1.29 is 0 Å². The van der Waals surface area contributed by atoms with Gasteiger partial charge in [-0.05, 0) is 38.4 Å². The predicted molar refractivity (Wildman–Crippen MR) is 55.0 cm³/mol. The number of hydrogen-bond acceptors (Lipinski definition) is 1. The Labute approximate surface area is 79.9 Å². The van der Waals surface area contributed by atoms with Crippen LogP contribution in [-0.2, 0) is 6.54 Å². The first-order valence-corrected chi connectivity index (χ1v) is 5.27. The summed E-state index contributed by atoms with van der Waals surface area (Å²) in [6, 6.07) is 4.43. The van der Waals surface area contributed by atoms with E-state index in [1.165, 1.54) is 25.1 Å². The number of piperidine rings is 1. The zero-order chi connectivity index (χ0) is 9.10. The molecule has 1 atom stereocenters. The van der Waals surface area contributed by atoms with Crippen molar-refractivity contribution in [1.82, 2.24) is 9.88 Å². The highest BCUT2D eigenvalue weighted by molar-refractivity contribution is 5.14. The third kappa shape index (κ3) is 1.78. The molecule has 0 bridgehead atoms. The minimum Gasteiger partial charge on any atom is -0.351 e. The van der Waals surface area contributed by atoms with Gasteiger partial charge in [0.15, 0.2) is 0 Å². The number of nitrogens with zero attached hydrogens (tertiary/aromatic N) is 1. The van der Waals surface area contributed by atoms with Crippen molar-refractivity contribution in [2.45, 2.75) is 32.2 Å². The van der Waals surface area contributed by atoms with Gasteiger partial charge in [0.2, 0.25) is 0 Å². The first-order valence-electron chi connectivity index (χ1n) is 5.27. The topological polar surface area (TPSA) is 17.0 Å². The second-order valence-electron chi connectivity index (χ2n) is 3.76. The third-order valence-corrected chi connectivity index (χ3v) is 2.92. The normalized spacial score (nSPS) is 23.3. The van der Waals surface area contributed by atoms with Crippen molar-refractivity contribution >= 4 is 0 Å². The van der Waals surface area contributed by atoms with Crippen LogP contribution in [-0.4, -0.2) is 17.7 Å². The van der Waals surface area contributed by atoms with Crippen LogP contribution in [0.5, 0.6) is 0 Å². The molecule has 1 N–H and O–H groups in total. The van der Waals surface area contributed by atoms with E-state index < -0.39 is 0 Å². The van der Waals surface area contributed by atoms with Gasteiger partial charge >= 0.3 is 0 Å². The lowest BCUT2D eigenvalue weighted by Crippen LogP contribution is -2.29. The van der Waals surface area contributed by atoms with Crippen LogP contribution in [0.1, 0.15) is 31.4 Å². The van der Waals surface area contributed by atoms with Crippen LogP contribution in [0.4, 0.5) is 0 Å². The van der Waals surface area contributed by atoms with Crippen LogP contribution in [0.15, 0.2) is 18.3 Å². The molecule has 0 aliphatic carbocycles. The second-order valence-corrected chi connectivity index (χ2v) is 3.76. The molecule has 0 saturated carbocycles. The van der Waals surface area contributed by atoms with Gasteiger partial charge in [0.1, 0.15) is 0 Å². The molecule has 0 amide bonds. The van der Waals surface area contributed by atoms with Crippen LogP contribution in [0, 0.1) is 0 Å². The summed E-state index contributed by atoms with van der Waals surface area (Å²) < 4.78 is 2.36. The van der Waals surface area contributed by atoms with Gasteiger partial charge < -0.3 is 9.88 Å². The van der Waals surface area contributed by atoms with Gasteiger partial charge in [-0.25, -0.2) is 0 Å². The number of rotatable bonds is 2. The lowest BCUT2D eigenvalue weighted by atomic mass is 9.96. The fourth-order valence-corrected chi connectivity index (χ4v) is 2.19. The standard InChI is InChI=1S/C11H18N2/c1-2-13-8-4-6-11(13)10-5-3-7-12-9-10/h4,6,8,10,12H,2-3,5,7,9H2,1H3/t10-/m1/s1. The number of nitrogens with one attached hydrogen (secondary N) is 1. The Morgan fingerprint density at radius 3 is 3.23 bits per heavy atom. The first-order chi connectivity index (χ1) is 6.42. The zero-order valence-electron chi connectivity index (χ0n) is 8.29. The highest BCUT2D eigenvalue weighted by atomic mass is 15.0. The molecule has 1 aliphatic rings. The molecule has 1 aliphatic heterocycles. The van der Waals surface area contributed by atoms with Crippen LogP contribution in [0.2, 0.25) is 0 Å². The summed E-state index contributed by atoms with van der Waals surface area (Å²) in [5.41, 5.74) is 1.51. The maximum Gasteiger partial charge on any atom is 0.0218 e. The molecule has 72 valence electrons. The first kappa shape index (κ1) is 8.82. The van der Waals surface area contributed by atoms with E-state index in [-0.39, 0.29) is 0 Å². The van der Waals surface area contributed by atoms with Gasteiger partial charge in [0.25, 0.3) is 0 Å². The predicted octanol–water partition coefficient (Wildman–Crippen LogP) is 1.97. The van der Waals surface area contributed by atoms with Crippen LogP contribution in [0.3, 0.4) is 0 Å². The van der Waals surface area contributed by atoms with Crippen molar-refractivity contribution in [2.75, 3.05) is 13.1 Å². The lowest BCUT2D eigenvalue weighted by Gasteiger charge is -2.24. The van der Waals surface area contributed by atoms with E-state index in [1.54, 1.807) is 0 Å². The summed E-state index contributed by atoms with van der Waals surface area (Å²) in [4.78, 5) is 0. The molecule has 1 aromatic rings. The molecule has 0 aromatic carbocycles. The highest BCUT2D eigenvalue weighted by Gasteiger charge is 2.17. The fourth-order valence-electron chi connectivity index (χ4n) is 2.19. The molecule has 2 nitrogen and oxygen atoms in total. The SMILES string of the molecule is CCn1cccc1[C@@H]1CCCNC1. The highest BCUT2D eigenvalue weighted by Crippen LogP contribution is 2.23. The van der Waals surface area contributed by atoms with Crippen molar-refractivity contribution in [3.63, 3.8) is 0 Å². The molecule has 1 saturated heterocycles. The summed E-state index contributed by atoms with van der Waals surface area (Å²) in [5, 5.41) is 3.46. The summed E-state index contributed by atoms with van der Waals surface area (Å²) in [7, 11) is 0. The average Bonchev–Trinajstić information content (AvgIpc) is 2.67. The maximum absolute atomic E-state index is 3.46. The minimum absolute atomic E-state index is 0.740. The molecule has 2 heteroatoms. The van der Waals surface area contributed by atoms with Crippen LogP contribution < -0.4 is 5.32 Å². The van der Waals surface area contributed by atoms with Gasteiger partial charge in [-0.3, -0.25) is 0 Å². The molecule has 2 heterocycles. The Morgan fingerprint density at radius 1 is 1.62 bits per heavy atom. The number of aromatic nitrogens is 1. The maximum atomic E-state index is 3.46.